The maximum atomic E-state index is 9.18. The summed E-state index contributed by atoms with van der Waals surface area (Å²) < 4.78 is 2.31. The van der Waals surface area contributed by atoms with E-state index in [1.54, 1.807) is 0 Å². The molecule has 5 rings (SSSR count). The summed E-state index contributed by atoms with van der Waals surface area (Å²) in [5.41, 5.74) is 5.24. The average Bonchev–Trinajstić information content (AvgIpc) is 3.23. The summed E-state index contributed by atoms with van der Waals surface area (Å²) in [6.45, 7) is 3.67. The van der Waals surface area contributed by atoms with E-state index in [1.165, 1.54) is 22.5 Å². The number of halogens is 1. The Bertz CT molecular complexity index is 1120. The number of nitriles is 1. The van der Waals surface area contributed by atoms with Crippen molar-refractivity contribution in [3.05, 3.63) is 82.9 Å². The minimum absolute atomic E-state index is 0.226. The smallest absolute Gasteiger partial charge is 0.0948 e. The third kappa shape index (κ3) is 5.29. The Labute approximate surface area is 207 Å². The van der Waals surface area contributed by atoms with Gasteiger partial charge in [0.25, 0.3) is 0 Å². The molecule has 1 fully saturated rings. The van der Waals surface area contributed by atoms with Gasteiger partial charge >= 0.3 is 0 Å². The van der Waals surface area contributed by atoms with Gasteiger partial charge in [-0.3, -0.25) is 0 Å². The minimum Gasteiger partial charge on any atom is -0.369 e. The molecule has 1 N–H and O–H groups in total. The lowest BCUT2D eigenvalue weighted by Crippen LogP contribution is -2.34. The molecule has 2 aromatic carbocycles. The average molecular weight is 474 g/mol. The maximum Gasteiger partial charge on any atom is 0.0948 e. The van der Waals surface area contributed by atoms with Crippen LogP contribution in [0.15, 0.2) is 61.1 Å². The van der Waals surface area contributed by atoms with Crippen molar-refractivity contribution in [2.75, 3.05) is 18.0 Å². The van der Waals surface area contributed by atoms with Gasteiger partial charge in [0.05, 0.1) is 24.1 Å². The Balaban J connectivity index is 1.29. The second kappa shape index (κ2) is 10.6. The van der Waals surface area contributed by atoms with Gasteiger partial charge in [0.1, 0.15) is 0 Å². The van der Waals surface area contributed by atoms with Gasteiger partial charge in [-0.15, -0.1) is 0 Å². The van der Waals surface area contributed by atoms with E-state index in [2.05, 4.69) is 62.2 Å². The van der Waals surface area contributed by atoms with Crippen molar-refractivity contribution < 1.29 is 0 Å². The van der Waals surface area contributed by atoms with Crippen LogP contribution in [0.2, 0.25) is 5.02 Å². The molecule has 5 nitrogen and oxygen atoms in total. The lowest BCUT2D eigenvalue weighted by Gasteiger charge is -2.28. The Hall–Kier alpha value is -2.81. The zero-order chi connectivity index (χ0) is 23.3. The number of rotatable bonds is 6. The molecule has 34 heavy (non-hydrogen) atoms. The molecule has 1 aliphatic heterocycles. The third-order valence-corrected chi connectivity index (χ3v) is 7.74. The van der Waals surface area contributed by atoms with Crippen LogP contribution in [0.4, 0.5) is 5.69 Å². The monoisotopic (exact) mass is 473 g/mol. The standard InChI is InChI=1S/C28H32ClN5/c29-24-9-11-25(12-10-24)33-14-13-23-3-1-2-4-27(23)28(19-33)32-17-26-16-31-20-34(26)18-22-7-5-21(15-30)6-8-22/h1-4,9-12,16,20-22,28,32H,5-8,13-14,17-19H2. The highest BCUT2D eigenvalue weighted by molar-refractivity contribution is 6.30. The molecular weight excluding hydrogens is 442 g/mol. The van der Waals surface area contributed by atoms with E-state index in [1.807, 2.05) is 24.7 Å². The Morgan fingerprint density at radius 2 is 1.85 bits per heavy atom. The van der Waals surface area contributed by atoms with Crippen molar-refractivity contribution in [3.8, 4) is 6.07 Å². The molecule has 1 aromatic heterocycles. The number of aromatic nitrogens is 2. The SMILES string of the molecule is N#CC1CCC(Cn2cncc2CNC2CN(c3ccc(Cl)cc3)CCc3ccccc32)CC1. The number of hydrogen-bond acceptors (Lipinski definition) is 4. The predicted molar refractivity (Wildman–Crippen MR) is 137 cm³/mol. The number of nitrogens with zero attached hydrogens (tertiary/aromatic N) is 4. The van der Waals surface area contributed by atoms with Gasteiger partial charge in [-0.05, 0) is 73.4 Å². The predicted octanol–water partition coefficient (Wildman–Crippen LogP) is 5.76. The van der Waals surface area contributed by atoms with Crippen LogP contribution < -0.4 is 10.2 Å². The van der Waals surface area contributed by atoms with Crippen molar-refractivity contribution in [2.24, 2.45) is 11.8 Å². The topological polar surface area (TPSA) is 56.9 Å². The van der Waals surface area contributed by atoms with Gasteiger partial charge in [-0.25, -0.2) is 4.98 Å². The van der Waals surface area contributed by atoms with E-state index in [-0.39, 0.29) is 12.0 Å². The highest BCUT2D eigenvalue weighted by Gasteiger charge is 2.24. The maximum absolute atomic E-state index is 9.18. The first-order valence-corrected chi connectivity index (χ1v) is 12.8. The molecule has 1 unspecified atom stereocenters. The van der Waals surface area contributed by atoms with Gasteiger partial charge < -0.3 is 14.8 Å². The molecule has 1 atom stereocenters. The van der Waals surface area contributed by atoms with Crippen LogP contribution in [0.1, 0.15) is 48.5 Å². The second-order valence-electron chi connectivity index (χ2n) is 9.69. The van der Waals surface area contributed by atoms with Crippen molar-refractivity contribution in [3.63, 3.8) is 0 Å². The fourth-order valence-corrected chi connectivity index (χ4v) is 5.59. The summed E-state index contributed by atoms with van der Waals surface area (Å²) in [5, 5.41) is 13.8. The lowest BCUT2D eigenvalue weighted by molar-refractivity contribution is 0.282. The fraction of sp³-hybridized carbons (Fsp3) is 0.429. The molecule has 2 aliphatic rings. The van der Waals surface area contributed by atoms with Crippen molar-refractivity contribution in [1.82, 2.24) is 14.9 Å². The third-order valence-electron chi connectivity index (χ3n) is 7.49. The van der Waals surface area contributed by atoms with Crippen molar-refractivity contribution in [2.45, 2.75) is 51.2 Å². The van der Waals surface area contributed by atoms with Crippen LogP contribution >= 0.6 is 11.6 Å². The highest BCUT2D eigenvalue weighted by atomic mass is 35.5. The summed E-state index contributed by atoms with van der Waals surface area (Å²) >= 11 is 6.14. The van der Waals surface area contributed by atoms with Gasteiger partial charge in [-0.1, -0.05) is 35.9 Å². The normalized spacial score (nSPS) is 22.6. The zero-order valence-electron chi connectivity index (χ0n) is 19.5. The fourth-order valence-electron chi connectivity index (χ4n) is 5.47. The molecule has 1 saturated carbocycles. The van der Waals surface area contributed by atoms with Crippen LogP contribution in [0.3, 0.4) is 0 Å². The molecule has 0 saturated heterocycles. The van der Waals surface area contributed by atoms with E-state index < -0.39 is 0 Å². The van der Waals surface area contributed by atoms with Gasteiger partial charge in [0.2, 0.25) is 0 Å². The van der Waals surface area contributed by atoms with E-state index in [4.69, 9.17) is 11.6 Å². The molecule has 3 aromatic rings. The van der Waals surface area contributed by atoms with E-state index in [9.17, 15) is 5.26 Å². The molecule has 1 aliphatic carbocycles. The molecule has 6 heteroatoms. The van der Waals surface area contributed by atoms with Gasteiger partial charge in [0.15, 0.2) is 0 Å². The largest absolute Gasteiger partial charge is 0.369 e. The second-order valence-corrected chi connectivity index (χ2v) is 10.1. The van der Waals surface area contributed by atoms with Crippen LogP contribution in [0.25, 0.3) is 0 Å². The lowest BCUT2D eigenvalue weighted by atomic mass is 9.83. The zero-order valence-corrected chi connectivity index (χ0v) is 20.3. The Kier molecular flexibility index (Phi) is 7.18. The van der Waals surface area contributed by atoms with Crippen molar-refractivity contribution >= 4 is 17.3 Å². The molecule has 0 radical (unpaired) electrons. The van der Waals surface area contributed by atoms with Crippen molar-refractivity contribution in [1.29, 1.82) is 5.26 Å². The van der Waals surface area contributed by atoms with Crippen LogP contribution in [0.5, 0.6) is 0 Å². The molecule has 0 spiro atoms. The first kappa shape index (κ1) is 23.0. The van der Waals surface area contributed by atoms with Crippen LogP contribution in [-0.2, 0) is 19.5 Å². The summed E-state index contributed by atoms with van der Waals surface area (Å²) in [5.74, 6) is 0.885. The minimum atomic E-state index is 0.226. The van der Waals surface area contributed by atoms with Crippen LogP contribution in [-0.4, -0.2) is 22.6 Å². The number of imidazole rings is 1. The number of benzene rings is 2. The van der Waals surface area contributed by atoms with Gasteiger partial charge in [0, 0.05) is 49.0 Å². The molecule has 2 heterocycles. The molecule has 0 amide bonds. The Morgan fingerprint density at radius 3 is 2.65 bits per heavy atom. The number of anilines is 1. The van der Waals surface area contributed by atoms with E-state index >= 15 is 0 Å². The quantitative estimate of drug-likeness (QED) is 0.494. The number of hydrogen-bond donors (Lipinski definition) is 1. The molecule has 176 valence electrons. The summed E-state index contributed by atoms with van der Waals surface area (Å²) in [6, 6.07) is 19.7. The van der Waals surface area contributed by atoms with E-state index in [0.717, 1.165) is 63.3 Å². The molecule has 0 bridgehead atoms. The first-order chi connectivity index (χ1) is 16.7. The van der Waals surface area contributed by atoms with E-state index in [0.29, 0.717) is 5.92 Å². The summed E-state index contributed by atoms with van der Waals surface area (Å²) in [7, 11) is 0. The summed E-state index contributed by atoms with van der Waals surface area (Å²) in [6.07, 6.45) is 9.32. The molecular formula is C28H32ClN5. The van der Waals surface area contributed by atoms with Crippen LogP contribution in [0, 0.1) is 23.2 Å². The first-order valence-electron chi connectivity index (χ1n) is 12.4. The summed E-state index contributed by atoms with van der Waals surface area (Å²) in [4.78, 5) is 6.92. The number of nitrogens with one attached hydrogen (secondary N) is 1. The highest BCUT2D eigenvalue weighted by Crippen LogP contribution is 2.30. The number of fused-ring (bicyclic) bond motifs is 1. The Morgan fingerprint density at radius 1 is 1.06 bits per heavy atom. The van der Waals surface area contributed by atoms with Gasteiger partial charge in [-0.2, -0.15) is 5.26 Å².